The number of aromatic nitrogens is 3. The van der Waals surface area contributed by atoms with Crippen LogP contribution in [0.4, 0.5) is 5.69 Å². The van der Waals surface area contributed by atoms with E-state index < -0.39 is 0 Å². The number of amides is 1. The summed E-state index contributed by atoms with van der Waals surface area (Å²) in [6, 6.07) is 12.9. The van der Waals surface area contributed by atoms with Crippen molar-refractivity contribution < 1.29 is 14.3 Å². The molecule has 3 rings (SSSR count). The van der Waals surface area contributed by atoms with Gasteiger partial charge < -0.3 is 14.8 Å². The van der Waals surface area contributed by atoms with Gasteiger partial charge in [-0.25, -0.2) is 0 Å². The Bertz CT molecular complexity index is 798. The number of hydrogen-bond donors (Lipinski definition) is 1. The van der Waals surface area contributed by atoms with Crippen LogP contribution in [0, 0.1) is 0 Å². The monoisotopic (exact) mass is 312 g/mol. The van der Waals surface area contributed by atoms with Gasteiger partial charge in [0, 0.05) is 11.9 Å². The van der Waals surface area contributed by atoms with Crippen molar-refractivity contribution in [1.29, 1.82) is 0 Å². The van der Waals surface area contributed by atoms with E-state index in [0.717, 1.165) is 5.75 Å². The maximum Gasteiger partial charge on any atom is 0.322 e. The fourth-order valence-corrected chi connectivity index (χ4v) is 2.05. The van der Waals surface area contributed by atoms with Gasteiger partial charge in [-0.15, -0.1) is 5.10 Å². The van der Waals surface area contributed by atoms with E-state index in [1.165, 1.54) is 0 Å². The molecule has 2 aromatic heterocycles. The quantitative estimate of drug-likeness (QED) is 0.754. The predicted molar refractivity (Wildman–Crippen MR) is 84.7 cm³/mol. The molecular weight excluding hydrogens is 296 g/mol. The number of fused-ring (bicyclic) bond motifs is 1. The molecule has 7 heteroatoms. The van der Waals surface area contributed by atoms with Gasteiger partial charge in [-0.05, 0) is 43.3 Å². The lowest BCUT2D eigenvalue weighted by molar-refractivity contribution is -0.118. The van der Waals surface area contributed by atoms with Crippen LogP contribution in [0.2, 0.25) is 0 Å². The van der Waals surface area contributed by atoms with Crippen molar-refractivity contribution in [3.05, 3.63) is 48.7 Å². The molecule has 23 heavy (non-hydrogen) atoms. The van der Waals surface area contributed by atoms with Crippen molar-refractivity contribution in [2.45, 2.75) is 6.92 Å². The summed E-state index contributed by atoms with van der Waals surface area (Å²) in [5.74, 6) is 0.485. The first-order chi connectivity index (χ1) is 11.3. The number of nitrogens with one attached hydrogen (secondary N) is 1. The first-order valence-corrected chi connectivity index (χ1v) is 7.21. The third kappa shape index (κ3) is 3.57. The van der Waals surface area contributed by atoms with Gasteiger partial charge in [-0.3, -0.25) is 9.20 Å². The van der Waals surface area contributed by atoms with Crippen LogP contribution in [-0.2, 0) is 4.79 Å². The van der Waals surface area contributed by atoms with E-state index in [0.29, 0.717) is 17.9 Å². The summed E-state index contributed by atoms with van der Waals surface area (Å²) in [7, 11) is 0. The smallest absolute Gasteiger partial charge is 0.322 e. The summed E-state index contributed by atoms with van der Waals surface area (Å²) >= 11 is 0. The molecule has 0 unspecified atom stereocenters. The Morgan fingerprint density at radius 1 is 1.13 bits per heavy atom. The molecule has 0 fully saturated rings. The molecule has 2 heterocycles. The fraction of sp³-hybridized carbons (Fsp3) is 0.188. The maximum absolute atomic E-state index is 11.9. The van der Waals surface area contributed by atoms with Crippen molar-refractivity contribution in [1.82, 2.24) is 14.6 Å². The molecule has 0 aliphatic carbocycles. The Morgan fingerprint density at radius 2 is 1.96 bits per heavy atom. The van der Waals surface area contributed by atoms with Gasteiger partial charge in [0.15, 0.2) is 12.3 Å². The Hall–Kier alpha value is -3.09. The summed E-state index contributed by atoms with van der Waals surface area (Å²) in [6.07, 6.45) is 1.77. The summed E-state index contributed by atoms with van der Waals surface area (Å²) in [5, 5.41) is 10.6. The number of carbonyl (C=O) groups is 1. The van der Waals surface area contributed by atoms with Crippen molar-refractivity contribution in [3.63, 3.8) is 0 Å². The van der Waals surface area contributed by atoms with E-state index in [-0.39, 0.29) is 18.5 Å². The van der Waals surface area contributed by atoms with Crippen molar-refractivity contribution in [3.8, 4) is 11.8 Å². The zero-order chi connectivity index (χ0) is 16.1. The lowest BCUT2D eigenvalue weighted by Crippen LogP contribution is -2.20. The van der Waals surface area contributed by atoms with Crippen LogP contribution in [-0.4, -0.2) is 33.7 Å². The SMILES string of the molecule is CCOc1ccc(NC(=O)COc2nnc3ccccn23)cc1. The number of hydrogen-bond acceptors (Lipinski definition) is 5. The maximum atomic E-state index is 11.9. The highest BCUT2D eigenvalue weighted by Crippen LogP contribution is 2.15. The van der Waals surface area contributed by atoms with Gasteiger partial charge in [0.1, 0.15) is 5.75 Å². The standard InChI is InChI=1S/C16H16N4O3/c1-2-22-13-8-6-12(7-9-13)17-15(21)11-23-16-19-18-14-5-3-4-10-20(14)16/h3-10H,2,11H2,1H3,(H,17,21). The van der Waals surface area contributed by atoms with Crippen molar-refractivity contribution >= 4 is 17.2 Å². The highest BCUT2D eigenvalue weighted by Gasteiger charge is 2.09. The fourth-order valence-electron chi connectivity index (χ4n) is 2.05. The number of pyridine rings is 1. The molecule has 0 radical (unpaired) electrons. The first-order valence-electron chi connectivity index (χ1n) is 7.21. The number of ether oxygens (including phenoxy) is 2. The second kappa shape index (κ2) is 6.78. The normalized spacial score (nSPS) is 10.5. The van der Waals surface area contributed by atoms with Gasteiger partial charge in [-0.1, -0.05) is 11.2 Å². The van der Waals surface area contributed by atoms with Crippen molar-refractivity contribution in [2.24, 2.45) is 0 Å². The van der Waals surface area contributed by atoms with Crippen molar-refractivity contribution in [2.75, 3.05) is 18.5 Å². The average molecular weight is 312 g/mol. The Labute approximate surface area is 132 Å². The van der Waals surface area contributed by atoms with Crippen LogP contribution < -0.4 is 14.8 Å². The van der Waals surface area contributed by atoms with Crippen LogP contribution in [0.5, 0.6) is 11.8 Å². The summed E-state index contributed by atoms with van der Waals surface area (Å²) in [4.78, 5) is 11.9. The van der Waals surface area contributed by atoms with Gasteiger partial charge in [-0.2, -0.15) is 0 Å². The van der Waals surface area contributed by atoms with E-state index in [4.69, 9.17) is 9.47 Å². The highest BCUT2D eigenvalue weighted by molar-refractivity contribution is 5.91. The minimum absolute atomic E-state index is 0.150. The molecule has 118 valence electrons. The predicted octanol–water partition coefficient (Wildman–Crippen LogP) is 2.15. The van der Waals surface area contributed by atoms with Gasteiger partial charge in [0.2, 0.25) is 0 Å². The van der Waals surface area contributed by atoms with Gasteiger partial charge >= 0.3 is 6.01 Å². The molecular formula is C16H16N4O3. The average Bonchev–Trinajstić information content (AvgIpc) is 2.98. The summed E-state index contributed by atoms with van der Waals surface area (Å²) < 4.78 is 12.4. The van der Waals surface area contributed by atoms with E-state index >= 15 is 0 Å². The number of anilines is 1. The Kier molecular flexibility index (Phi) is 4.37. The third-order valence-electron chi connectivity index (χ3n) is 3.06. The Morgan fingerprint density at radius 3 is 2.74 bits per heavy atom. The molecule has 0 aliphatic heterocycles. The first kappa shape index (κ1) is 14.8. The summed E-state index contributed by atoms with van der Waals surface area (Å²) in [6.45, 7) is 2.37. The van der Waals surface area contributed by atoms with Crippen LogP contribution in [0.25, 0.3) is 5.65 Å². The molecule has 0 aliphatic rings. The molecule has 1 N–H and O–H groups in total. The molecule has 0 saturated carbocycles. The second-order valence-electron chi connectivity index (χ2n) is 4.71. The molecule has 0 atom stereocenters. The molecule has 0 bridgehead atoms. The van der Waals surface area contributed by atoms with E-state index in [2.05, 4.69) is 15.5 Å². The molecule has 0 saturated heterocycles. The second-order valence-corrected chi connectivity index (χ2v) is 4.71. The summed E-state index contributed by atoms with van der Waals surface area (Å²) in [5.41, 5.74) is 1.34. The Balaban J connectivity index is 1.57. The van der Waals surface area contributed by atoms with Gasteiger partial charge in [0.05, 0.1) is 6.61 Å². The third-order valence-corrected chi connectivity index (χ3v) is 3.06. The molecule has 3 aromatic rings. The number of rotatable bonds is 6. The number of benzene rings is 1. The zero-order valence-corrected chi connectivity index (χ0v) is 12.6. The van der Waals surface area contributed by atoms with E-state index in [1.54, 1.807) is 40.9 Å². The minimum Gasteiger partial charge on any atom is -0.494 e. The lowest BCUT2D eigenvalue weighted by Gasteiger charge is -2.07. The molecule has 7 nitrogen and oxygen atoms in total. The van der Waals surface area contributed by atoms with Crippen LogP contribution in [0.3, 0.4) is 0 Å². The van der Waals surface area contributed by atoms with Gasteiger partial charge in [0.25, 0.3) is 5.91 Å². The molecule has 1 aromatic carbocycles. The highest BCUT2D eigenvalue weighted by atomic mass is 16.5. The topological polar surface area (TPSA) is 77.8 Å². The van der Waals surface area contributed by atoms with Crippen LogP contribution in [0.1, 0.15) is 6.92 Å². The van der Waals surface area contributed by atoms with E-state index in [1.807, 2.05) is 19.1 Å². The van der Waals surface area contributed by atoms with Crippen LogP contribution >= 0.6 is 0 Å². The number of nitrogens with zero attached hydrogens (tertiary/aromatic N) is 3. The van der Waals surface area contributed by atoms with E-state index in [9.17, 15) is 4.79 Å². The number of carbonyl (C=O) groups excluding carboxylic acids is 1. The largest absolute Gasteiger partial charge is 0.494 e. The molecule has 0 spiro atoms. The van der Waals surface area contributed by atoms with Crippen LogP contribution in [0.15, 0.2) is 48.7 Å². The minimum atomic E-state index is -0.276. The zero-order valence-electron chi connectivity index (χ0n) is 12.6. The molecule has 1 amide bonds. The lowest BCUT2D eigenvalue weighted by atomic mass is 10.3.